The normalized spacial score (nSPS) is 11.9. The van der Waals surface area contributed by atoms with Crippen LogP contribution in [-0.2, 0) is 6.18 Å². The van der Waals surface area contributed by atoms with Crippen molar-refractivity contribution < 1.29 is 23.1 Å². The molecule has 0 saturated heterocycles. The fourth-order valence-electron chi connectivity index (χ4n) is 1.36. The molecule has 0 aliphatic rings. The lowest BCUT2D eigenvalue weighted by atomic mass is 10.1. The van der Waals surface area contributed by atoms with Gasteiger partial charge in [-0.05, 0) is 6.07 Å². The summed E-state index contributed by atoms with van der Waals surface area (Å²) in [5, 5.41) is 12.4. The maximum Gasteiger partial charge on any atom is 0.433 e. The van der Waals surface area contributed by atoms with Gasteiger partial charge in [-0.1, -0.05) is 0 Å². The summed E-state index contributed by atoms with van der Waals surface area (Å²) < 4.78 is 37.2. The topological polar surface area (TPSA) is 98.8 Å². The molecule has 0 amide bonds. The number of rotatable bonds is 1. The first kappa shape index (κ1) is 11.2. The smallest absolute Gasteiger partial charge is 0.433 e. The highest BCUT2D eigenvalue weighted by atomic mass is 19.4. The second-order valence-corrected chi connectivity index (χ2v) is 3.16. The van der Waals surface area contributed by atoms with E-state index >= 15 is 0 Å². The van der Waals surface area contributed by atoms with E-state index < -0.39 is 40.0 Å². The van der Waals surface area contributed by atoms with E-state index in [0.717, 1.165) is 0 Å². The zero-order chi connectivity index (χ0) is 12.8. The van der Waals surface area contributed by atoms with Crippen LogP contribution in [0.15, 0.2) is 10.9 Å². The Morgan fingerprint density at radius 1 is 1.35 bits per heavy atom. The number of halogens is 3. The van der Waals surface area contributed by atoms with Crippen molar-refractivity contribution in [1.29, 1.82) is 0 Å². The average Bonchev–Trinajstić information content (AvgIpc) is 2.58. The van der Waals surface area contributed by atoms with Crippen molar-refractivity contribution in [2.75, 3.05) is 0 Å². The Hall–Kier alpha value is -2.32. The van der Waals surface area contributed by atoms with Gasteiger partial charge in [0.2, 0.25) is 0 Å². The van der Waals surface area contributed by atoms with E-state index in [9.17, 15) is 22.8 Å². The number of alkyl halides is 3. The number of aromatic carboxylic acids is 1. The van der Waals surface area contributed by atoms with Gasteiger partial charge in [-0.25, -0.2) is 9.78 Å². The Morgan fingerprint density at radius 2 is 2.00 bits per heavy atom. The maximum absolute atomic E-state index is 12.4. The predicted molar refractivity (Wildman–Crippen MR) is 48.7 cm³/mol. The Morgan fingerprint density at radius 3 is 2.53 bits per heavy atom. The van der Waals surface area contributed by atoms with E-state index in [0.29, 0.717) is 6.07 Å². The van der Waals surface area contributed by atoms with Crippen molar-refractivity contribution in [3.05, 3.63) is 27.7 Å². The molecule has 0 aromatic carbocycles. The maximum atomic E-state index is 12.4. The van der Waals surface area contributed by atoms with Crippen molar-refractivity contribution in [2.24, 2.45) is 0 Å². The molecule has 0 bridgehead atoms. The molecular weight excluding hydrogens is 243 g/mol. The highest BCUT2D eigenvalue weighted by Crippen LogP contribution is 2.29. The number of hydrogen-bond donors (Lipinski definition) is 3. The van der Waals surface area contributed by atoms with Gasteiger partial charge in [-0.15, -0.1) is 0 Å². The fraction of sp³-hybridized carbons (Fsp3) is 0.125. The summed E-state index contributed by atoms with van der Waals surface area (Å²) in [6.07, 6.45) is -4.79. The van der Waals surface area contributed by atoms with E-state index in [4.69, 9.17) is 5.11 Å². The molecule has 2 rings (SSSR count). The summed E-state index contributed by atoms with van der Waals surface area (Å²) in [7, 11) is 0. The predicted octanol–water partition coefficient (Wildman–Crippen LogP) is 0.968. The van der Waals surface area contributed by atoms with Crippen molar-refractivity contribution in [1.82, 2.24) is 15.2 Å². The van der Waals surface area contributed by atoms with Gasteiger partial charge >= 0.3 is 12.1 Å². The molecule has 0 aliphatic heterocycles. The van der Waals surface area contributed by atoms with Gasteiger partial charge in [-0.2, -0.15) is 13.2 Å². The number of carbonyl (C=O) groups is 1. The molecule has 90 valence electrons. The first-order valence-electron chi connectivity index (χ1n) is 4.22. The van der Waals surface area contributed by atoms with E-state index in [2.05, 4.69) is 10.1 Å². The van der Waals surface area contributed by atoms with Crippen LogP contribution in [0, 0.1) is 0 Å². The third kappa shape index (κ3) is 1.75. The molecule has 2 aromatic rings. The minimum Gasteiger partial charge on any atom is -0.478 e. The Balaban J connectivity index is 2.87. The average molecular weight is 247 g/mol. The lowest BCUT2D eigenvalue weighted by molar-refractivity contribution is -0.141. The van der Waals surface area contributed by atoms with Crippen LogP contribution in [0.2, 0.25) is 0 Å². The van der Waals surface area contributed by atoms with Crippen molar-refractivity contribution >= 4 is 17.0 Å². The van der Waals surface area contributed by atoms with E-state index in [-0.39, 0.29) is 0 Å². The molecule has 0 unspecified atom stereocenters. The van der Waals surface area contributed by atoms with Crippen LogP contribution in [-0.4, -0.2) is 26.3 Å². The van der Waals surface area contributed by atoms with Gasteiger partial charge in [0.1, 0.15) is 5.69 Å². The quantitative estimate of drug-likeness (QED) is 0.699. The van der Waals surface area contributed by atoms with E-state index in [1.165, 1.54) is 0 Å². The first-order valence-corrected chi connectivity index (χ1v) is 4.22. The van der Waals surface area contributed by atoms with Gasteiger partial charge in [0.05, 0.1) is 10.9 Å². The van der Waals surface area contributed by atoms with Gasteiger partial charge in [0.25, 0.3) is 5.56 Å². The number of nitrogens with zero attached hydrogens (tertiary/aromatic N) is 1. The molecule has 0 fully saturated rings. The molecule has 9 heteroatoms. The molecule has 3 N–H and O–H groups in total. The van der Waals surface area contributed by atoms with Crippen molar-refractivity contribution in [2.45, 2.75) is 6.18 Å². The molecule has 0 aliphatic carbocycles. The minimum atomic E-state index is -4.79. The molecular formula is C8H4F3N3O3. The highest BCUT2D eigenvalue weighted by Gasteiger charge is 2.34. The summed E-state index contributed by atoms with van der Waals surface area (Å²) >= 11 is 0. The monoisotopic (exact) mass is 247 g/mol. The Labute approximate surface area is 90.1 Å². The SMILES string of the molecule is O=C(O)c1cc(C(F)(F)F)nc2[nH][nH]c(=O)c12. The van der Waals surface area contributed by atoms with Crippen LogP contribution in [0.25, 0.3) is 11.0 Å². The summed E-state index contributed by atoms with van der Waals surface area (Å²) in [5.74, 6) is -1.63. The van der Waals surface area contributed by atoms with Crippen molar-refractivity contribution in [3.63, 3.8) is 0 Å². The van der Waals surface area contributed by atoms with Gasteiger partial charge in [0, 0.05) is 0 Å². The number of pyridine rings is 1. The number of carboxylic acids is 1. The molecule has 0 saturated carbocycles. The van der Waals surface area contributed by atoms with Crippen LogP contribution in [0.5, 0.6) is 0 Å². The van der Waals surface area contributed by atoms with Crippen LogP contribution >= 0.6 is 0 Å². The van der Waals surface area contributed by atoms with Gasteiger partial charge in [0.15, 0.2) is 5.65 Å². The van der Waals surface area contributed by atoms with Crippen molar-refractivity contribution in [3.8, 4) is 0 Å². The van der Waals surface area contributed by atoms with Crippen LogP contribution in [0.1, 0.15) is 16.1 Å². The number of hydrogen-bond acceptors (Lipinski definition) is 3. The summed E-state index contributed by atoms with van der Waals surface area (Å²) in [5.41, 5.74) is -3.40. The Bertz CT molecular complexity index is 655. The molecule has 6 nitrogen and oxygen atoms in total. The third-order valence-corrected chi connectivity index (χ3v) is 2.06. The molecule has 0 spiro atoms. The molecule has 0 radical (unpaired) electrons. The minimum absolute atomic E-state index is 0.327. The first-order chi connectivity index (χ1) is 7.80. The second kappa shape index (κ2) is 3.34. The third-order valence-electron chi connectivity index (χ3n) is 2.06. The molecule has 0 atom stereocenters. The highest BCUT2D eigenvalue weighted by molar-refractivity contribution is 6.01. The van der Waals surface area contributed by atoms with E-state index in [1.807, 2.05) is 5.10 Å². The Kier molecular flexibility index (Phi) is 2.19. The second-order valence-electron chi connectivity index (χ2n) is 3.16. The van der Waals surface area contributed by atoms with Crippen LogP contribution in [0.3, 0.4) is 0 Å². The zero-order valence-electron chi connectivity index (χ0n) is 7.92. The number of aromatic nitrogens is 3. The molecule has 2 heterocycles. The number of aromatic amines is 2. The van der Waals surface area contributed by atoms with E-state index in [1.54, 1.807) is 0 Å². The number of fused-ring (bicyclic) bond motifs is 1. The molecule has 17 heavy (non-hydrogen) atoms. The van der Waals surface area contributed by atoms with Gasteiger partial charge in [-0.3, -0.25) is 15.0 Å². The zero-order valence-corrected chi connectivity index (χ0v) is 7.92. The largest absolute Gasteiger partial charge is 0.478 e. The standard InChI is InChI=1S/C8H4F3N3O3/c9-8(10,11)3-1-2(7(16)17)4-5(12-3)13-14-6(4)15/h1H,(H,16,17)(H2,12,13,14,15). The number of H-pyrrole nitrogens is 2. The summed E-state index contributed by atoms with van der Waals surface area (Å²) in [6, 6.07) is 0.327. The van der Waals surface area contributed by atoms with Crippen LogP contribution < -0.4 is 5.56 Å². The van der Waals surface area contributed by atoms with Crippen LogP contribution in [0.4, 0.5) is 13.2 Å². The summed E-state index contributed by atoms with van der Waals surface area (Å²) in [4.78, 5) is 25.1. The lowest BCUT2D eigenvalue weighted by Crippen LogP contribution is -2.12. The number of nitrogens with one attached hydrogen (secondary N) is 2. The molecule has 2 aromatic heterocycles. The van der Waals surface area contributed by atoms with Gasteiger partial charge < -0.3 is 5.11 Å². The fourth-order valence-corrected chi connectivity index (χ4v) is 1.36. The summed E-state index contributed by atoms with van der Waals surface area (Å²) in [6.45, 7) is 0. The number of carboxylic acid groups (broad SMARTS) is 1. The lowest BCUT2D eigenvalue weighted by Gasteiger charge is -2.06.